The van der Waals surface area contributed by atoms with Crippen LogP contribution in [0.15, 0.2) is 91.0 Å². The standard InChI is InChI=1S/C40H48N4O3/c1-46-38-18-12-33(26-39(38)47-2)40(45)44(35-15-13-34(41)14-16-35)27-30-9-6-10-31(24-30)32-11-17-37(36(42)25-32)43-21-19-29(20-22-43)23-28-7-4-3-5-8-28/h3-12,17-18,24-26,29,34-35H,13-16,19-23,27,41-42H2,1-2H3. The minimum atomic E-state index is -0.0158. The molecule has 1 aliphatic carbocycles. The highest BCUT2D eigenvalue weighted by Gasteiger charge is 2.29. The van der Waals surface area contributed by atoms with Gasteiger partial charge in [0.1, 0.15) is 0 Å². The third kappa shape index (κ3) is 7.74. The first-order valence-corrected chi connectivity index (χ1v) is 17.0. The number of carbonyl (C=O) groups is 1. The van der Waals surface area contributed by atoms with Crippen LogP contribution < -0.4 is 25.8 Å². The number of nitrogen functional groups attached to an aromatic ring is 1. The second kappa shape index (κ2) is 14.9. The van der Waals surface area contributed by atoms with Gasteiger partial charge in [0.25, 0.3) is 5.91 Å². The lowest BCUT2D eigenvalue weighted by atomic mass is 9.89. The largest absolute Gasteiger partial charge is 0.493 e. The summed E-state index contributed by atoms with van der Waals surface area (Å²) in [5, 5.41) is 0. The van der Waals surface area contributed by atoms with Crippen molar-refractivity contribution in [2.75, 3.05) is 37.9 Å². The molecule has 0 spiro atoms. The van der Waals surface area contributed by atoms with Gasteiger partial charge in [0, 0.05) is 37.3 Å². The summed E-state index contributed by atoms with van der Waals surface area (Å²) in [6, 6.07) is 31.4. The molecule has 6 rings (SSSR count). The molecule has 246 valence electrons. The first-order chi connectivity index (χ1) is 22.9. The highest BCUT2D eigenvalue weighted by Crippen LogP contribution is 2.34. The maximum Gasteiger partial charge on any atom is 0.254 e. The molecule has 1 amide bonds. The summed E-state index contributed by atoms with van der Waals surface area (Å²) >= 11 is 0. The van der Waals surface area contributed by atoms with Crippen LogP contribution in [-0.4, -0.2) is 50.2 Å². The van der Waals surface area contributed by atoms with Gasteiger partial charge in [0.15, 0.2) is 11.5 Å². The van der Waals surface area contributed by atoms with Gasteiger partial charge in [-0.1, -0.05) is 54.6 Å². The van der Waals surface area contributed by atoms with Crippen LogP contribution in [0, 0.1) is 5.92 Å². The lowest BCUT2D eigenvalue weighted by molar-refractivity contribution is 0.0606. The molecule has 1 saturated heterocycles. The van der Waals surface area contributed by atoms with Gasteiger partial charge in [-0.25, -0.2) is 0 Å². The molecule has 4 N–H and O–H groups in total. The van der Waals surface area contributed by atoms with E-state index in [4.69, 9.17) is 20.9 Å². The third-order valence-electron chi connectivity index (χ3n) is 10.0. The minimum absolute atomic E-state index is 0.0158. The molecule has 1 heterocycles. The average molecular weight is 633 g/mol. The minimum Gasteiger partial charge on any atom is -0.493 e. The number of anilines is 2. The highest BCUT2D eigenvalue weighted by atomic mass is 16.5. The number of nitrogens with zero attached hydrogens (tertiary/aromatic N) is 2. The van der Waals surface area contributed by atoms with Crippen molar-refractivity contribution in [1.82, 2.24) is 4.90 Å². The van der Waals surface area contributed by atoms with Crippen molar-refractivity contribution in [3.05, 3.63) is 108 Å². The molecule has 2 aliphatic rings. The summed E-state index contributed by atoms with van der Waals surface area (Å²) < 4.78 is 10.9. The molecule has 0 radical (unpaired) electrons. The summed E-state index contributed by atoms with van der Waals surface area (Å²) in [7, 11) is 3.19. The lowest BCUT2D eigenvalue weighted by Crippen LogP contribution is -2.43. The summed E-state index contributed by atoms with van der Waals surface area (Å²) in [5.74, 6) is 1.84. The van der Waals surface area contributed by atoms with Crippen LogP contribution in [0.3, 0.4) is 0 Å². The molecule has 47 heavy (non-hydrogen) atoms. The molecule has 0 aromatic heterocycles. The van der Waals surface area contributed by atoms with Crippen molar-refractivity contribution in [3.8, 4) is 22.6 Å². The van der Waals surface area contributed by atoms with E-state index in [9.17, 15) is 4.79 Å². The Balaban J connectivity index is 1.17. The van der Waals surface area contributed by atoms with Crippen molar-refractivity contribution in [3.63, 3.8) is 0 Å². The van der Waals surface area contributed by atoms with Gasteiger partial charge in [-0.15, -0.1) is 0 Å². The van der Waals surface area contributed by atoms with E-state index in [-0.39, 0.29) is 18.0 Å². The quantitative estimate of drug-likeness (QED) is 0.178. The molecule has 1 aliphatic heterocycles. The molecule has 4 aromatic rings. The Hall–Kier alpha value is -4.49. The van der Waals surface area contributed by atoms with Crippen LogP contribution in [0.4, 0.5) is 11.4 Å². The van der Waals surface area contributed by atoms with Crippen LogP contribution in [0.1, 0.15) is 60.0 Å². The van der Waals surface area contributed by atoms with E-state index in [0.29, 0.717) is 29.5 Å². The molecule has 0 bridgehead atoms. The molecule has 4 aromatic carbocycles. The van der Waals surface area contributed by atoms with Crippen LogP contribution in [-0.2, 0) is 13.0 Å². The maximum absolute atomic E-state index is 14.1. The lowest BCUT2D eigenvalue weighted by Gasteiger charge is -2.36. The second-order valence-electron chi connectivity index (χ2n) is 13.2. The zero-order chi connectivity index (χ0) is 32.8. The van der Waals surface area contributed by atoms with Crippen molar-refractivity contribution in [2.24, 2.45) is 11.7 Å². The molecule has 7 heteroatoms. The second-order valence-corrected chi connectivity index (χ2v) is 13.2. The molecule has 1 saturated carbocycles. The first kappa shape index (κ1) is 32.5. The van der Waals surface area contributed by atoms with E-state index in [2.05, 4.69) is 77.7 Å². The maximum atomic E-state index is 14.1. The Kier molecular flexibility index (Phi) is 10.3. The smallest absolute Gasteiger partial charge is 0.254 e. The molecule has 2 fully saturated rings. The van der Waals surface area contributed by atoms with Crippen LogP contribution in [0.2, 0.25) is 0 Å². The monoisotopic (exact) mass is 632 g/mol. The van der Waals surface area contributed by atoms with Gasteiger partial charge in [-0.3, -0.25) is 4.79 Å². The summed E-state index contributed by atoms with van der Waals surface area (Å²) in [5.41, 5.74) is 20.1. The molecule has 0 unspecified atom stereocenters. The Labute approximate surface area is 279 Å². The van der Waals surface area contributed by atoms with Gasteiger partial charge >= 0.3 is 0 Å². The van der Waals surface area contributed by atoms with Crippen LogP contribution in [0.25, 0.3) is 11.1 Å². The van der Waals surface area contributed by atoms with Gasteiger partial charge in [0.2, 0.25) is 0 Å². The molecule has 7 nitrogen and oxygen atoms in total. The van der Waals surface area contributed by atoms with E-state index in [0.717, 1.165) is 73.3 Å². The van der Waals surface area contributed by atoms with Crippen molar-refractivity contribution < 1.29 is 14.3 Å². The van der Waals surface area contributed by atoms with Gasteiger partial charge in [0.05, 0.1) is 25.6 Å². The number of nitrogens with two attached hydrogens (primary N) is 2. The van der Waals surface area contributed by atoms with Crippen molar-refractivity contribution in [2.45, 2.75) is 63.6 Å². The first-order valence-electron chi connectivity index (χ1n) is 17.0. The SMILES string of the molecule is COc1ccc(C(=O)N(Cc2cccc(-c3ccc(N4CCC(Cc5ccccc5)CC4)c(N)c3)c2)C2CCC(N)CC2)cc1OC. The predicted octanol–water partition coefficient (Wildman–Crippen LogP) is 7.32. The Morgan fingerprint density at radius 2 is 1.47 bits per heavy atom. The highest BCUT2D eigenvalue weighted by molar-refractivity contribution is 5.95. The van der Waals surface area contributed by atoms with E-state index in [1.165, 1.54) is 18.4 Å². The number of benzene rings is 4. The zero-order valence-electron chi connectivity index (χ0n) is 27.7. The summed E-state index contributed by atoms with van der Waals surface area (Å²) in [6.45, 7) is 2.55. The van der Waals surface area contributed by atoms with Gasteiger partial charge in [-0.05, 0) is 110 Å². The Morgan fingerprint density at radius 1 is 0.766 bits per heavy atom. The fraction of sp³-hybridized carbons (Fsp3) is 0.375. The van der Waals surface area contributed by atoms with Crippen molar-refractivity contribution in [1.29, 1.82) is 0 Å². The van der Waals surface area contributed by atoms with E-state index < -0.39 is 0 Å². The fourth-order valence-corrected chi connectivity index (χ4v) is 7.31. The van der Waals surface area contributed by atoms with Gasteiger partial charge in [-0.2, -0.15) is 0 Å². The number of rotatable bonds is 10. The number of ether oxygens (including phenoxy) is 2. The van der Waals surface area contributed by atoms with E-state index in [1.54, 1.807) is 26.4 Å². The third-order valence-corrected chi connectivity index (χ3v) is 10.0. The normalized spacial score (nSPS) is 18.5. The summed E-state index contributed by atoms with van der Waals surface area (Å²) in [4.78, 5) is 18.5. The topological polar surface area (TPSA) is 94.0 Å². The summed E-state index contributed by atoms with van der Waals surface area (Å²) in [6.07, 6.45) is 7.09. The number of hydrogen-bond donors (Lipinski definition) is 2. The van der Waals surface area contributed by atoms with Crippen LogP contribution >= 0.6 is 0 Å². The molecular weight excluding hydrogens is 584 g/mol. The van der Waals surface area contributed by atoms with Crippen LogP contribution in [0.5, 0.6) is 11.5 Å². The average Bonchev–Trinajstić information content (AvgIpc) is 3.11. The van der Waals surface area contributed by atoms with Crippen molar-refractivity contribution >= 4 is 17.3 Å². The van der Waals surface area contributed by atoms with Gasteiger partial charge < -0.3 is 30.7 Å². The van der Waals surface area contributed by atoms with E-state index >= 15 is 0 Å². The Morgan fingerprint density at radius 3 is 2.17 bits per heavy atom. The number of hydrogen-bond acceptors (Lipinski definition) is 6. The van der Waals surface area contributed by atoms with E-state index in [1.807, 2.05) is 11.0 Å². The number of piperidine rings is 1. The predicted molar refractivity (Wildman–Crippen MR) is 191 cm³/mol. The zero-order valence-corrected chi connectivity index (χ0v) is 27.7. The molecule has 0 atom stereocenters. The fourth-order valence-electron chi connectivity index (χ4n) is 7.31. The number of amides is 1. The molecular formula is C40H48N4O3. The number of methoxy groups -OCH3 is 2. The Bertz CT molecular complexity index is 1640. The number of carbonyl (C=O) groups excluding carboxylic acids is 1.